The minimum atomic E-state index is 0.361. The molecule has 0 amide bonds. The molecule has 3 fully saturated rings. The van der Waals surface area contributed by atoms with E-state index in [-0.39, 0.29) is 0 Å². The lowest BCUT2D eigenvalue weighted by Crippen LogP contribution is -2.52. The maximum absolute atomic E-state index is 6.38. The van der Waals surface area contributed by atoms with Crippen LogP contribution in [-0.2, 0) is 0 Å². The van der Waals surface area contributed by atoms with E-state index in [0.717, 1.165) is 30.1 Å². The van der Waals surface area contributed by atoms with Gasteiger partial charge in [-0.05, 0) is 92.8 Å². The van der Waals surface area contributed by atoms with Crippen LogP contribution < -0.4 is 11.5 Å². The Kier molecular flexibility index (Phi) is 3.74. The van der Waals surface area contributed by atoms with Gasteiger partial charge in [0.1, 0.15) is 0 Å². The van der Waals surface area contributed by atoms with Crippen LogP contribution in [0.5, 0.6) is 0 Å². The molecule has 0 aromatic heterocycles. The van der Waals surface area contributed by atoms with Crippen LogP contribution in [0.2, 0.25) is 0 Å². The number of rotatable bonds is 1. The summed E-state index contributed by atoms with van der Waals surface area (Å²) >= 11 is 0. The maximum Gasteiger partial charge on any atom is 0.00766 e. The molecule has 23 heavy (non-hydrogen) atoms. The number of hydrogen-bond acceptors (Lipinski definition) is 2. The van der Waals surface area contributed by atoms with Crippen molar-refractivity contribution in [1.82, 2.24) is 0 Å². The van der Waals surface area contributed by atoms with Crippen molar-refractivity contribution in [2.45, 2.75) is 84.2 Å². The fourth-order valence-electron chi connectivity index (χ4n) is 7.59. The Balaban J connectivity index is 1.65. The second kappa shape index (κ2) is 5.33. The zero-order valence-corrected chi connectivity index (χ0v) is 15.4. The molecule has 0 radical (unpaired) electrons. The molecule has 4 rings (SSSR count). The molecule has 8 atom stereocenters. The third-order valence-electron chi connectivity index (χ3n) is 8.85. The van der Waals surface area contributed by atoms with Gasteiger partial charge in [0.15, 0.2) is 0 Å². The summed E-state index contributed by atoms with van der Waals surface area (Å²) in [5.41, 5.74) is 15.3. The van der Waals surface area contributed by atoms with E-state index in [1.807, 2.05) is 0 Å². The number of fused-ring (bicyclic) bond motifs is 5. The Hall–Kier alpha value is -0.340. The number of allylic oxidation sites excluding steroid dienone is 1. The van der Waals surface area contributed by atoms with Gasteiger partial charge in [-0.3, -0.25) is 0 Å². The van der Waals surface area contributed by atoms with E-state index < -0.39 is 0 Å². The smallest absolute Gasteiger partial charge is 0.00766 e. The van der Waals surface area contributed by atoms with Crippen molar-refractivity contribution in [3.63, 3.8) is 0 Å². The normalized spacial score (nSPS) is 53.8. The Bertz CT molecular complexity index is 510. The van der Waals surface area contributed by atoms with Gasteiger partial charge in [-0.2, -0.15) is 0 Å². The molecule has 0 aromatic carbocycles. The van der Waals surface area contributed by atoms with Crippen molar-refractivity contribution in [2.24, 2.45) is 46.0 Å². The highest BCUT2D eigenvalue weighted by Gasteiger charge is 2.58. The van der Waals surface area contributed by atoms with Gasteiger partial charge in [-0.15, -0.1) is 0 Å². The quantitative estimate of drug-likeness (QED) is 0.711. The number of hydrogen-bond donors (Lipinski definition) is 2. The predicted molar refractivity (Wildman–Crippen MR) is 96.8 cm³/mol. The Morgan fingerprint density at radius 2 is 1.87 bits per heavy atom. The topological polar surface area (TPSA) is 52.0 Å². The zero-order chi connectivity index (χ0) is 16.4. The van der Waals surface area contributed by atoms with Crippen molar-refractivity contribution < 1.29 is 0 Å². The molecule has 0 heterocycles. The monoisotopic (exact) mass is 316 g/mol. The van der Waals surface area contributed by atoms with E-state index in [1.54, 1.807) is 5.57 Å². The van der Waals surface area contributed by atoms with E-state index in [1.165, 1.54) is 44.9 Å². The molecular formula is C21H36N2. The van der Waals surface area contributed by atoms with Crippen molar-refractivity contribution in [3.8, 4) is 0 Å². The zero-order valence-electron chi connectivity index (χ0n) is 15.4. The molecule has 4 unspecified atom stereocenters. The summed E-state index contributed by atoms with van der Waals surface area (Å²) in [6.45, 7) is 7.39. The van der Waals surface area contributed by atoms with E-state index in [4.69, 9.17) is 11.5 Å². The molecule has 0 aliphatic heterocycles. The summed E-state index contributed by atoms with van der Waals surface area (Å²) in [4.78, 5) is 0. The second-order valence-electron chi connectivity index (χ2n) is 9.85. The summed E-state index contributed by atoms with van der Waals surface area (Å²) in [5.74, 6) is 3.45. The fraction of sp³-hybridized carbons (Fsp3) is 0.905. The van der Waals surface area contributed by atoms with Crippen LogP contribution in [0.1, 0.15) is 72.1 Å². The van der Waals surface area contributed by atoms with E-state index in [2.05, 4.69) is 26.8 Å². The van der Waals surface area contributed by atoms with Crippen LogP contribution in [0, 0.1) is 34.5 Å². The van der Waals surface area contributed by atoms with Crippen molar-refractivity contribution in [1.29, 1.82) is 0 Å². The summed E-state index contributed by atoms with van der Waals surface area (Å²) in [7, 11) is 0. The third-order valence-corrected chi connectivity index (χ3v) is 8.85. The summed E-state index contributed by atoms with van der Waals surface area (Å²) in [6, 6.07) is 0.771. The molecule has 4 aliphatic carbocycles. The van der Waals surface area contributed by atoms with Gasteiger partial charge in [-0.25, -0.2) is 0 Å². The SMILES string of the molecule is C[C@@H](N)C1CCC2C3CC=C4C[C@@H](N)CC[C@]4(C)C3CC[C@@]21C. The molecule has 0 bridgehead atoms. The van der Waals surface area contributed by atoms with Gasteiger partial charge >= 0.3 is 0 Å². The highest BCUT2D eigenvalue weighted by atomic mass is 14.7. The van der Waals surface area contributed by atoms with Gasteiger partial charge in [0, 0.05) is 12.1 Å². The number of nitrogens with two attached hydrogens (primary N) is 2. The fourth-order valence-corrected chi connectivity index (χ4v) is 7.59. The maximum atomic E-state index is 6.38. The van der Waals surface area contributed by atoms with Crippen LogP contribution in [0.3, 0.4) is 0 Å². The molecule has 0 spiro atoms. The largest absolute Gasteiger partial charge is 0.328 e. The van der Waals surface area contributed by atoms with E-state index >= 15 is 0 Å². The summed E-state index contributed by atoms with van der Waals surface area (Å²) in [6.07, 6.45) is 13.2. The van der Waals surface area contributed by atoms with Gasteiger partial charge < -0.3 is 11.5 Å². The molecule has 2 nitrogen and oxygen atoms in total. The molecule has 3 saturated carbocycles. The first-order valence-corrected chi connectivity index (χ1v) is 10.1. The average molecular weight is 317 g/mol. The van der Waals surface area contributed by atoms with E-state index in [0.29, 0.717) is 22.9 Å². The van der Waals surface area contributed by atoms with Crippen molar-refractivity contribution in [3.05, 3.63) is 11.6 Å². The van der Waals surface area contributed by atoms with Gasteiger partial charge in [0.2, 0.25) is 0 Å². The summed E-state index contributed by atoms with van der Waals surface area (Å²) in [5, 5.41) is 0. The van der Waals surface area contributed by atoms with Crippen LogP contribution in [0.25, 0.3) is 0 Å². The first-order chi connectivity index (χ1) is 10.9. The molecule has 130 valence electrons. The molecular weight excluding hydrogens is 280 g/mol. The molecule has 4 N–H and O–H groups in total. The second-order valence-corrected chi connectivity index (χ2v) is 9.85. The van der Waals surface area contributed by atoms with Gasteiger partial charge in [0.05, 0.1) is 0 Å². The molecule has 4 aliphatic rings. The van der Waals surface area contributed by atoms with Crippen LogP contribution in [0.15, 0.2) is 11.6 Å². The Labute approximate surface area is 142 Å². The first-order valence-electron chi connectivity index (χ1n) is 10.1. The first kappa shape index (κ1) is 16.1. The lowest BCUT2D eigenvalue weighted by atomic mass is 9.47. The Morgan fingerprint density at radius 3 is 2.61 bits per heavy atom. The van der Waals surface area contributed by atoms with Crippen molar-refractivity contribution >= 4 is 0 Å². The van der Waals surface area contributed by atoms with Gasteiger partial charge in [0.25, 0.3) is 0 Å². The summed E-state index contributed by atoms with van der Waals surface area (Å²) < 4.78 is 0. The molecule has 2 heteroatoms. The van der Waals surface area contributed by atoms with Gasteiger partial charge in [-0.1, -0.05) is 25.5 Å². The lowest BCUT2D eigenvalue weighted by molar-refractivity contribution is -0.0447. The van der Waals surface area contributed by atoms with Crippen molar-refractivity contribution in [2.75, 3.05) is 0 Å². The standard InChI is InChI=1S/C21H36N2/c1-13(22)17-6-7-18-16-5-4-14-12-15(23)8-10-20(14,2)19(16)9-11-21(17,18)3/h4,13,15-19H,5-12,22-23H2,1-3H3/t13-,15+,16?,17?,18?,19?,20+,21-/m1/s1. The average Bonchev–Trinajstić information content (AvgIpc) is 2.85. The van der Waals surface area contributed by atoms with Crippen LogP contribution in [-0.4, -0.2) is 12.1 Å². The van der Waals surface area contributed by atoms with Crippen LogP contribution >= 0.6 is 0 Å². The molecule has 0 saturated heterocycles. The van der Waals surface area contributed by atoms with E-state index in [9.17, 15) is 0 Å². The third kappa shape index (κ3) is 2.20. The lowest BCUT2D eigenvalue weighted by Gasteiger charge is -2.58. The highest BCUT2D eigenvalue weighted by Crippen LogP contribution is 2.66. The Morgan fingerprint density at radius 1 is 1.09 bits per heavy atom. The highest BCUT2D eigenvalue weighted by molar-refractivity contribution is 5.25. The minimum Gasteiger partial charge on any atom is -0.328 e. The minimum absolute atomic E-state index is 0.361. The predicted octanol–water partition coefficient (Wildman–Crippen LogP) is 4.24. The van der Waals surface area contributed by atoms with Crippen LogP contribution in [0.4, 0.5) is 0 Å². The molecule has 0 aromatic rings.